The second kappa shape index (κ2) is 6.82. The summed E-state index contributed by atoms with van der Waals surface area (Å²) >= 11 is 0. The topological polar surface area (TPSA) is 71.5 Å². The molecular formula is C23H21NO4. The van der Waals surface area contributed by atoms with Crippen molar-refractivity contribution in [2.24, 2.45) is 5.41 Å². The van der Waals surface area contributed by atoms with Crippen LogP contribution in [0.1, 0.15) is 35.2 Å². The summed E-state index contributed by atoms with van der Waals surface area (Å²) in [6, 6.07) is 14.5. The smallest absolute Gasteiger partial charge is 0.254 e. The number of ketones is 2. The number of amides is 1. The van der Waals surface area contributed by atoms with Crippen molar-refractivity contribution in [3.63, 3.8) is 0 Å². The van der Waals surface area contributed by atoms with Crippen LogP contribution in [0.3, 0.4) is 0 Å². The van der Waals surface area contributed by atoms with E-state index in [1.54, 1.807) is 12.1 Å². The highest BCUT2D eigenvalue weighted by atomic mass is 16.2. The Morgan fingerprint density at radius 2 is 1.68 bits per heavy atom. The Bertz CT molecular complexity index is 960. The summed E-state index contributed by atoms with van der Waals surface area (Å²) in [7, 11) is 0. The molecule has 2 aromatic rings. The van der Waals surface area contributed by atoms with Crippen LogP contribution in [0.2, 0.25) is 0 Å². The summed E-state index contributed by atoms with van der Waals surface area (Å²) in [6.07, 6.45) is 1.20. The molecule has 2 aromatic carbocycles. The zero-order valence-electron chi connectivity index (χ0n) is 15.7. The molecule has 4 rings (SSSR count). The Hall–Kier alpha value is -3.08. The first-order chi connectivity index (χ1) is 13.5. The van der Waals surface area contributed by atoms with Crippen LogP contribution < -0.4 is 0 Å². The van der Waals surface area contributed by atoms with E-state index in [1.807, 2.05) is 43.3 Å². The third-order valence-corrected chi connectivity index (χ3v) is 6.05. The van der Waals surface area contributed by atoms with Crippen LogP contribution >= 0.6 is 0 Å². The Balaban J connectivity index is 1.60. The number of likely N-dealkylation sites (tertiary alicyclic amines) is 1. The van der Waals surface area contributed by atoms with Gasteiger partial charge in [-0.1, -0.05) is 36.4 Å². The number of rotatable bonds is 3. The highest BCUT2D eigenvalue weighted by Crippen LogP contribution is 2.43. The summed E-state index contributed by atoms with van der Waals surface area (Å²) < 4.78 is 0. The third kappa shape index (κ3) is 2.78. The maximum absolute atomic E-state index is 13.0. The molecule has 5 heteroatoms. The summed E-state index contributed by atoms with van der Waals surface area (Å²) in [5.74, 6) is -0.609. The molecule has 1 atom stereocenters. The van der Waals surface area contributed by atoms with Gasteiger partial charge in [-0.2, -0.15) is 0 Å². The molecule has 0 unspecified atom stereocenters. The molecule has 1 heterocycles. The number of benzene rings is 2. The molecule has 2 fully saturated rings. The van der Waals surface area contributed by atoms with Gasteiger partial charge in [0, 0.05) is 24.9 Å². The molecule has 1 amide bonds. The van der Waals surface area contributed by atoms with Crippen LogP contribution in [0.5, 0.6) is 0 Å². The molecule has 0 aromatic heterocycles. The summed E-state index contributed by atoms with van der Waals surface area (Å²) in [6.45, 7) is 2.04. The van der Waals surface area contributed by atoms with Gasteiger partial charge in [0.1, 0.15) is 23.3 Å². The zero-order valence-corrected chi connectivity index (χ0v) is 15.7. The van der Waals surface area contributed by atoms with Gasteiger partial charge in [0.15, 0.2) is 0 Å². The lowest BCUT2D eigenvalue weighted by atomic mass is 9.82. The lowest BCUT2D eigenvalue weighted by Crippen LogP contribution is -2.39. The average Bonchev–Trinajstić information content (AvgIpc) is 3.24. The molecule has 28 heavy (non-hydrogen) atoms. The molecular weight excluding hydrogens is 354 g/mol. The van der Waals surface area contributed by atoms with Crippen molar-refractivity contribution in [2.75, 3.05) is 6.54 Å². The van der Waals surface area contributed by atoms with E-state index in [4.69, 9.17) is 0 Å². The molecule has 1 spiro atoms. The lowest BCUT2D eigenvalue weighted by molar-refractivity contribution is -0.133. The molecule has 1 saturated heterocycles. The molecule has 2 aliphatic rings. The summed E-state index contributed by atoms with van der Waals surface area (Å²) in [5, 5.41) is 0. The van der Waals surface area contributed by atoms with Crippen LogP contribution in [0.4, 0.5) is 0 Å². The van der Waals surface area contributed by atoms with Gasteiger partial charge in [-0.15, -0.1) is 0 Å². The molecule has 1 aliphatic carbocycles. The third-order valence-electron chi connectivity index (χ3n) is 6.05. The standard InChI is InChI=1S/C23H21NO4/c1-15-4-2-3-5-19(15)16-6-8-17(9-7-16)22(28)24-14-23(12-18(24)13-25)20(26)10-11-21(23)27/h2-9,13,18H,10-12,14H2,1H3/t18-/m0/s1. The second-order valence-electron chi connectivity index (χ2n) is 7.66. The molecule has 0 N–H and O–H groups in total. The predicted molar refractivity (Wildman–Crippen MR) is 104 cm³/mol. The Labute approximate surface area is 163 Å². The van der Waals surface area contributed by atoms with E-state index in [0.29, 0.717) is 11.8 Å². The van der Waals surface area contributed by atoms with Gasteiger partial charge in [0.25, 0.3) is 5.91 Å². The van der Waals surface area contributed by atoms with E-state index < -0.39 is 11.5 Å². The predicted octanol–water partition coefficient (Wildman–Crippen LogP) is 2.99. The van der Waals surface area contributed by atoms with Crippen molar-refractivity contribution in [2.45, 2.75) is 32.2 Å². The van der Waals surface area contributed by atoms with Gasteiger partial charge in [-0.05, 0) is 42.2 Å². The van der Waals surface area contributed by atoms with E-state index in [-0.39, 0.29) is 43.3 Å². The van der Waals surface area contributed by atoms with Crippen molar-refractivity contribution in [1.29, 1.82) is 0 Å². The molecule has 0 radical (unpaired) electrons. The van der Waals surface area contributed by atoms with Gasteiger partial charge in [-0.3, -0.25) is 14.4 Å². The molecule has 142 valence electrons. The Morgan fingerprint density at radius 3 is 2.29 bits per heavy atom. The molecule has 0 bridgehead atoms. The fourth-order valence-corrected chi connectivity index (χ4v) is 4.40. The van der Waals surface area contributed by atoms with Crippen molar-refractivity contribution >= 4 is 23.8 Å². The van der Waals surface area contributed by atoms with Crippen molar-refractivity contribution in [3.8, 4) is 11.1 Å². The number of hydrogen-bond donors (Lipinski definition) is 0. The van der Waals surface area contributed by atoms with Gasteiger partial charge in [0.05, 0.1) is 6.04 Å². The number of hydrogen-bond acceptors (Lipinski definition) is 4. The van der Waals surface area contributed by atoms with Gasteiger partial charge < -0.3 is 9.69 Å². The number of aryl methyl sites for hydroxylation is 1. The van der Waals surface area contributed by atoms with E-state index in [2.05, 4.69) is 0 Å². The SMILES string of the molecule is Cc1ccccc1-c1ccc(C(=O)N2CC3(C[C@H]2C=O)C(=O)CCC3=O)cc1. The quantitative estimate of drug-likeness (QED) is 0.611. The first-order valence-electron chi connectivity index (χ1n) is 9.45. The highest BCUT2D eigenvalue weighted by molar-refractivity contribution is 6.14. The average molecular weight is 375 g/mol. The largest absolute Gasteiger partial charge is 0.327 e. The lowest BCUT2D eigenvalue weighted by Gasteiger charge is -2.22. The monoisotopic (exact) mass is 375 g/mol. The fraction of sp³-hybridized carbons (Fsp3) is 0.304. The van der Waals surface area contributed by atoms with E-state index >= 15 is 0 Å². The number of Topliss-reactive ketones (excluding diaryl/α,β-unsaturated/α-hetero) is 2. The minimum Gasteiger partial charge on any atom is -0.327 e. The minimum atomic E-state index is -1.18. The van der Waals surface area contributed by atoms with Crippen molar-refractivity contribution in [3.05, 3.63) is 59.7 Å². The minimum absolute atomic E-state index is 0.00640. The first-order valence-corrected chi connectivity index (χ1v) is 9.45. The summed E-state index contributed by atoms with van der Waals surface area (Å²) in [5.41, 5.74) is 2.50. The van der Waals surface area contributed by atoms with Crippen LogP contribution in [-0.4, -0.2) is 41.2 Å². The molecule has 1 saturated carbocycles. The van der Waals surface area contributed by atoms with Crippen LogP contribution in [0.25, 0.3) is 11.1 Å². The normalized spacial score (nSPS) is 20.8. The Kier molecular flexibility index (Phi) is 4.46. The molecule has 5 nitrogen and oxygen atoms in total. The van der Waals surface area contributed by atoms with Gasteiger partial charge in [-0.25, -0.2) is 0 Å². The highest BCUT2D eigenvalue weighted by Gasteiger charge is 2.57. The second-order valence-corrected chi connectivity index (χ2v) is 7.66. The number of carbonyl (C=O) groups excluding carboxylic acids is 4. The maximum Gasteiger partial charge on any atom is 0.254 e. The maximum atomic E-state index is 13.0. The van der Waals surface area contributed by atoms with Gasteiger partial charge in [0.2, 0.25) is 0 Å². The zero-order chi connectivity index (χ0) is 19.9. The van der Waals surface area contributed by atoms with Crippen LogP contribution in [0, 0.1) is 12.3 Å². The summed E-state index contributed by atoms with van der Waals surface area (Å²) in [4.78, 5) is 50.6. The Morgan fingerprint density at radius 1 is 1.04 bits per heavy atom. The van der Waals surface area contributed by atoms with Gasteiger partial charge >= 0.3 is 0 Å². The van der Waals surface area contributed by atoms with E-state index in [0.717, 1.165) is 16.7 Å². The van der Waals surface area contributed by atoms with E-state index in [1.165, 1.54) is 4.90 Å². The number of nitrogens with zero attached hydrogens (tertiary/aromatic N) is 1. The molecule has 1 aliphatic heterocycles. The fourth-order valence-electron chi connectivity index (χ4n) is 4.40. The van der Waals surface area contributed by atoms with Crippen molar-refractivity contribution < 1.29 is 19.2 Å². The first kappa shape index (κ1) is 18.3. The van der Waals surface area contributed by atoms with Crippen LogP contribution in [0.15, 0.2) is 48.5 Å². The number of aldehydes is 1. The van der Waals surface area contributed by atoms with E-state index in [9.17, 15) is 19.2 Å². The van der Waals surface area contributed by atoms with Crippen molar-refractivity contribution in [1.82, 2.24) is 4.90 Å². The number of carbonyl (C=O) groups is 4. The van der Waals surface area contributed by atoms with Crippen LogP contribution in [-0.2, 0) is 14.4 Å².